The second kappa shape index (κ2) is 4.09. The Morgan fingerprint density at radius 1 is 1.33 bits per heavy atom. The number of hydrogen-bond donors (Lipinski definition) is 2. The summed E-state index contributed by atoms with van der Waals surface area (Å²) in [7, 11) is 0. The summed E-state index contributed by atoms with van der Waals surface area (Å²) in [5.74, 6) is 0. The van der Waals surface area contributed by atoms with Crippen LogP contribution in [0.5, 0.6) is 0 Å². The summed E-state index contributed by atoms with van der Waals surface area (Å²) >= 11 is 0. The molecule has 3 heteroatoms. The fourth-order valence-corrected chi connectivity index (χ4v) is 0.913. The van der Waals surface area contributed by atoms with E-state index in [0.717, 1.165) is 5.06 Å². The zero-order valence-electron chi connectivity index (χ0n) is 7.01. The van der Waals surface area contributed by atoms with Crippen LogP contribution in [0.2, 0.25) is 0 Å². The number of para-hydroxylation sites is 1. The first kappa shape index (κ1) is 9.03. The predicted octanol–water partition coefficient (Wildman–Crippen LogP) is 1.26. The lowest BCUT2D eigenvalue weighted by atomic mass is 10.2. The molecule has 0 unspecified atom stereocenters. The quantitative estimate of drug-likeness (QED) is 0.666. The van der Waals surface area contributed by atoms with Gasteiger partial charge in [-0.05, 0) is 19.1 Å². The highest BCUT2D eigenvalue weighted by Crippen LogP contribution is 2.12. The minimum Gasteiger partial charge on any atom is -0.394 e. The first-order valence-electron chi connectivity index (χ1n) is 3.89. The third-order valence-electron chi connectivity index (χ3n) is 1.70. The van der Waals surface area contributed by atoms with Gasteiger partial charge in [0.2, 0.25) is 0 Å². The molecule has 0 aromatic heterocycles. The molecule has 0 aliphatic heterocycles. The Labute approximate surface area is 71.8 Å². The molecule has 0 amide bonds. The van der Waals surface area contributed by atoms with Gasteiger partial charge in [0, 0.05) is 0 Å². The van der Waals surface area contributed by atoms with Crippen LogP contribution in [0.1, 0.15) is 6.92 Å². The van der Waals surface area contributed by atoms with Crippen molar-refractivity contribution in [2.24, 2.45) is 0 Å². The summed E-state index contributed by atoms with van der Waals surface area (Å²) in [6.45, 7) is 1.68. The minimum absolute atomic E-state index is 0.0641. The van der Waals surface area contributed by atoms with Gasteiger partial charge in [-0.1, -0.05) is 18.2 Å². The molecule has 3 nitrogen and oxygen atoms in total. The Morgan fingerprint density at radius 3 is 2.42 bits per heavy atom. The van der Waals surface area contributed by atoms with Crippen LogP contribution in [-0.2, 0) is 0 Å². The van der Waals surface area contributed by atoms with Crippen molar-refractivity contribution in [1.82, 2.24) is 0 Å². The Kier molecular flexibility index (Phi) is 3.08. The van der Waals surface area contributed by atoms with Crippen LogP contribution in [0.15, 0.2) is 30.3 Å². The third kappa shape index (κ3) is 1.96. The smallest absolute Gasteiger partial charge is 0.0766 e. The van der Waals surface area contributed by atoms with Crippen molar-refractivity contribution in [2.75, 3.05) is 11.7 Å². The monoisotopic (exact) mass is 167 g/mol. The van der Waals surface area contributed by atoms with Gasteiger partial charge in [0.25, 0.3) is 0 Å². The van der Waals surface area contributed by atoms with Gasteiger partial charge in [-0.2, -0.15) is 0 Å². The van der Waals surface area contributed by atoms with Crippen LogP contribution >= 0.6 is 0 Å². The molecule has 0 aliphatic rings. The maximum atomic E-state index is 9.46. The molecule has 0 saturated carbocycles. The Hall–Kier alpha value is -1.06. The normalized spacial score (nSPS) is 12.6. The van der Waals surface area contributed by atoms with Gasteiger partial charge >= 0.3 is 0 Å². The van der Waals surface area contributed by atoms with Crippen LogP contribution in [0.3, 0.4) is 0 Å². The zero-order valence-corrected chi connectivity index (χ0v) is 7.01. The van der Waals surface area contributed by atoms with E-state index < -0.39 is 0 Å². The maximum absolute atomic E-state index is 9.46. The van der Waals surface area contributed by atoms with Gasteiger partial charge in [-0.25, -0.2) is 0 Å². The highest BCUT2D eigenvalue weighted by molar-refractivity contribution is 5.43. The number of hydroxylamine groups is 1. The SMILES string of the molecule is C[C@@H](CO)N(O)c1ccccc1. The third-order valence-corrected chi connectivity index (χ3v) is 1.70. The molecule has 12 heavy (non-hydrogen) atoms. The molecule has 0 fully saturated rings. The van der Waals surface area contributed by atoms with Crippen molar-refractivity contribution in [1.29, 1.82) is 0 Å². The van der Waals surface area contributed by atoms with Gasteiger partial charge < -0.3 is 5.11 Å². The molecule has 66 valence electrons. The molecule has 0 aliphatic carbocycles. The molecule has 1 atom stereocenters. The Balaban J connectivity index is 2.71. The second-order valence-corrected chi connectivity index (χ2v) is 2.71. The lowest BCUT2D eigenvalue weighted by Gasteiger charge is -2.22. The number of anilines is 1. The predicted molar refractivity (Wildman–Crippen MR) is 47.3 cm³/mol. The Morgan fingerprint density at radius 2 is 1.92 bits per heavy atom. The van der Waals surface area contributed by atoms with Gasteiger partial charge in [-0.3, -0.25) is 10.3 Å². The highest BCUT2D eigenvalue weighted by Gasteiger charge is 2.09. The summed E-state index contributed by atoms with van der Waals surface area (Å²) in [5, 5.41) is 19.3. The maximum Gasteiger partial charge on any atom is 0.0766 e. The zero-order chi connectivity index (χ0) is 8.97. The number of nitrogens with zero attached hydrogens (tertiary/aromatic N) is 1. The number of rotatable bonds is 3. The molecule has 1 rings (SSSR count). The molecule has 0 radical (unpaired) electrons. The van der Waals surface area contributed by atoms with Crippen molar-refractivity contribution in [3.63, 3.8) is 0 Å². The lowest BCUT2D eigenvalue weighted by molar-refractivity contribution is 0.168. The van der Waals surface area contributed by atoms with Crippen LogP contribution in [0.25, 0.3) is 0 Å². The van der Waals surface area contributed by atoms with Crippen LogP contribution in [0.4, 0.5) is 5.69 Å². The molecule has 0 spiro atoms. The highest BCUT2D eigenvalue weighted by atomic mass is 16.5. The van der Waals surface area contributed by atoms with E-state index in [1.807, 2.05) is 18.2 Å². The average Bonchev–Trinajstić information content (AvgIpc) is 2.17. The lowest BCUT2D eigenvalue weighted by Crippen LogP contribution is -2.32. The van der Waals surface area contributed by atoms with E-state index in [0.29, 0.717) is 5.69 Å². The molecule has 1 aromatic carbocycles. The summed E-state index contributed by atoms with van der Waals surface area (Å²) in [5.41, 5.74) is 0.694. The molecule has 0 heterocycles. The van der Waals surface area contributed by atoms with Gasteiger partial charge in [0.1, 0.15) is 0 Å². The van der Waals surface area contributed by atoms with E-state index in [1.165, 1.54) is 0 Å². The van der Waals surface area contributed by atoms with E-state index in [-0.39, 0.29) is 12.6 Å². The van der Waals surface area contributed by atoms with Crippen LogP contribution in [0, 0.1) is 0 Å². The van der Waals surface area contributed by atoms with Crippen LogP contribution in [-0.4, -0.2) is 23.0 Å². The van der Waals surface area contributed by atoms with E-state index in [2.05, 4.69) is 0 Å². The molecule has 0 saturated heterocycles. The fourth-order valence-electron chi connectivity index (χ4n) is 0.913. The fraction of sp³-hybridized carbons (Fsp3) is 0.333. The second-order valence-electron chi connectivity index (χ2n) is 2.71. The summed E-state index contributed by atoms with van der Waals surface area (Å²) < 4.78 is 0. The van der Waals surface area contributed by atoms with Crippen molar-refractivity contribution >= 4 is 5.69 Å². The number of benzene rings is 1. The largest absolute Gasteiger partial charge is 0.394 e. The number of aliphatic hydroxyl groups is 1. The molecule has 1 aromatic rings. The summed E-state index contributed by atoms with van der Waals surface area (Å²) in [6, 6.07) is 8.84. The van der Waals surface area contributed by atoms with Crippen molar-refractivity contribution in [3.05, 3.63) is 30.3 Å². The number of hydrogen-bond acceptors (Lipinski definition) is 3. The van der Waals surface area contributed by atoms with Gasteiger partial charge in [0.05, 0.1) is 18.3 Å². The molecule has 2 N–H and O–H groups in total. The Bertz CT molecular complexity index is 225. The van der Waals surface area contributed by atoms with E-state index in [1.54, 1.807) is 19.1 Å². The molecular weight excluding hydrogens is 154 g/mol. The average molecular weight is 167 g/mol. The molecular formula is C9H13NO2. The van der Waals surface area contributed by atoms with E-state index in [4.69, 9.17) is 5.11 Å². The first-order chi connectivity index (χ1) is 5.75. The van der Waals surface area contributed by atoms with Crippen molar-refractivity contribution in [3.8, 4) is 0 Å². The first-order valence-corrected chi connectivity index (χ1v) is 3.89. The summed E-state index contributed by atoms with van der Waals surface area (Å²) in [4.78, 5) is 0. The summed E-state index contributed by atoms with van der Waals surface area (Å²) in [6.07, 6.45) is 0. The minimum atomic E-state index is -0.271. The molecule has 0 bridgehead atoms. The number of aliphatic hydroxyl groups excluding tert-OH is 1. The van der Waals surface area contributed by atoms with Gasteiger partial charge in [-0.15, -0.1) is 0 Å². The van der Waals surface area contributed by atoms with Crippen molar-refractivity contribution < 1.29 is 10.3 Å². The topological polar surface area (TPSA) is 43.7 Å². The van der Waals surface area contributed by atoms with Crippen LogP contribution < -0.4 is 5.06 Å². The van der Waals surface area contributed by atoms with E-state index >= 15 is 0 Å². The van der Waals surface area contributed by atoms with Crippen molar-refractivity contribution in [2.45, 2.75) is 13.0 Å². The van der Waals surface area contributed by atoms with E-state index in [9.17, 15) is 5.21 Å². The van der Waals surface area contributed by atoms with Gasteiger partial charge in [0.15, 0.2) is 0 Å². The standard InChI is InChI=1S/C9H13NO2/c1-8(7-11)10(12)9-5-3-2-4-6-9/h2-6,8,11-12H,7H2,1H3/t8-/m0/s1.